The van der Waals surface area contributed by atoms with Gasteiger partial charge in [0.05, 0.1) is 24.5 Å². The molecule has 2 aromatic heterocycles. The second-order valence-corrected chi connectivity index (χ2v) is 8.70. The molecule has 0 saturated carbocycles. The lowest BCUT2D eigenvalue weighted by Crippen LogP contribution is -2.30. The van der Waals surface area contributed by atoms with Crippen molar-refractivity contribution in [2.75, 3.05) is 12.0 Å². The average Bonchev–Trinajstić information content (AvgIpc) is 3.43. The van der Waals surface area contributed by atoms with Crippen molar-refractivity contribution in [3.8, 4) is 11.4 Å². The van der Waals surface area contributed by atoms with Gasteiger partial charge in [0.15, 0.2) is 5.11 Å². The van der Waals surface area contributed by atoms with E-state index in [4.69, 9.17) is 17.0 Å². The van der Waals surface area contributed by atoms with Crippen molar-refractivity contribution < 1.29 is 4.74 Å². The zero-order valence-corrected chi connectivity index (χ0v) is 19.7. The molecule has 0 unspecified atom stereocenters. The fourth-order valence-electron chi connectivity index (χ4n) is 4.71. The van der Waals surface area contributed by atoms with E-state index in [1.165, 1.54) is 11.1 Å². The van der Waals surface area contributed by atoms with Crippen LogP contribution in [0.15, 0.2) is 85.2 Å². The Labute approximate surface area is 199 Å². The zero-order valence-electron chi connectivity index (χ0n) is 18.9. The van der Waals surface area contributed by atoms with E-state index in [2.05, 4.69) is 82.3 Å². The molecule has 33 heavy (non-hydrogen) atoms. The molecule has 3 heterocycles. The Kier molecular flexibility index (Phi) is 5.60. The standard InChI is InChI=1S/C27H26N4OS/c1-18-15-19(2)17-20(16-18)31-26(25(29-27(31)33)21-9-6-7-13-28-21)23-11-8-14-30(23)22-10-4-5-12-24(22)32-3/h4-17,25-26H,1-3H3,(H,29,33)/t25-,26-/m0/s1. The van der Waals surface area contributed by atoms with Gasteiger partial charge in [-0.05, 0) is 85.7 Å². The van der Waals surface area contributed by atoms with Crippen molar-refractivity contribution in [2.45, 2.75) is 25.9 Å². The molecule has 6 heteroatoms. The smallest absolute Gasteiger partial charge is 0.174 e. The molecular weight excluding hydrogens is 428 g/mol. The number of nitrogens with zero attached hydrogens (tertiary/aromatic N) is 3. The van der Waals surface area contributed by atoms with Gasteiger partial charge in [-0.2, -0.15) is 0 Å². The molecule has 2 aromatic carbocycles. The maximum Gasteiger partial charge on any atom is 0.174 e. The normalized spacial score (nSPS) is 17.8. The third kappa shape index (κ3) is 3.87. The highest BCUT2D eigenvalue weighted by molar-refractivity contribution is 7.80. The summed E-state index contributed by atoms with van der Waals surface area (Å²) in [5.74, 6) is 0.816. The van der Waals surface area contributed by atoms with E-state index in [1.807, 2.05) is 36.5 Å². The van der Waals surface area contributed by atoms with Crippen LogP contribution >= 0.6 is 12.2 Å². The summed E-state index contributed by atoms with van der Waals surface area (Å²) in [5, 5.41) is 4.24. The lowest BCUT2D eigenvalue weighted by Gasteiger charge is -2.29. The van der Waals surface area contributed by atoms with Crippen molar-refractivity contribution in [3.63, 3.8) is 0 Å². The van der Waals surface area contributed by atoms with E-state index < -0.39 is 0 Å². The first-order valence-corrected chi connectivity index (χ1v) is 11.4. The molecule has 5 rings (SSSR count). The monoisotopic (exact) mass is 454 g/mol. The topological polar surface area (TPSA) is 42.3 Å². The van der Waals surface area contributed by atoms with Crippen LogP contribution in [0.25, 0.3) is 5.69 Å². The minimum absolute atomic E-state index is 0.103. The molecule has 166 valence electrons. The van der Waals surface area contributed by atoms with Gasteiger partial charge < -0.3 is 19.5 Å². The van der Waals surface area contributed by atoms with Gasteiger partial charge in [0, 0.05) is 23.8 Å². The molecule has 0 amide bonds. The molecular formula is C27H26N4OS. The number of benzene rings is 2. The number of aryl methyl sites for hydroxylation is 2. The average molecular weight is 455 g/mol. The molecule has 4 aromatic rings. The summed E-state index contributed by atoms with van der Waals surface area (Å²) >= 11 is 5.90. The highest BCUT2D eigenvalue weighted by Gasteiger charge is 2.42. The van der Waals surface area contributed by atoms with Gasteiger partial charge in [-0.3, -0.25) is 4.98 Å². The number of hydrogen-bond acceptors (Lipinski definition) is 3. The largest absolute Gasteiger partial charge is 0.495 e. The van der Waals surface area contributed by atoms with Crippen LogP contribution in [-0.2, 0) is 0 Å². The Hall–Kier alpha value is -3.64. The minimum Gasteiger partial charge on any atom is -0.495 e. The minimum atomic E-state index is -0.108. The summed E-state index contributed by atoms with van der Waals surface area (Å²) in [7, 11) is 1.70. The Bertz CT molecular complexity index is 1280. The van der Waals surface area contributed by atoms with Gasteiger partial charge in [-0.15, -0.1) is 0 Å². The van der Waals surface area contributed by atoms with Crippen LogP contribution in [0, 0.1) is 13.8 Å². The number of pyridine rings is 1. The quantitative estimate of drug-likeness (QED) is 0.393. The number of para-hydroxylation sites is 2. The van der Waals surface area contributed by atoms with Gasteiger partial charge in [0.25, 0.3) is 0 Å². The summed E-state index contributed by atoms with van der Waals surface area (Å²) < 4.78 is 7.86. The molecule has 5 nitrogen and oxygen atoms in total. The van der Waals surface area contributed by atoms with E-state index in [1.54, 1.807) is 7.11 Å². The Morgan fingerprint density at radius 2 is 1.70 bits per heavy atom. The lowest BCUT2D eigenvalue weighted by atomic mass is 10.00. The van der Waals surface area contributed by atoms with Crippen LogP contribution in [-0.4, -0.2) is 21.8 Å². The molecule has 2 atom stereocenters. The van der Waals surface area contributed by atoms with E-state index in [0.717, 1.165) is 28.5 Å². The third-order valence-electron chi connectivity index (χ3n) is 6.01. The van der Waals surface area contributed by atoms with Crippen LogP contribution in [0.3, 0.4) is 0 Å². The highest BCUT2D eigenvalue weighted by Crippen LogP contribution is 2.43. The van der Waals surface area contributed by atoms with E-state index >= 15 is 0 Å². The summed E-state index contributed by atoms with van der Waals surface area (Å²) in [6, 6.07) is 24.6. The number of anilines is 1. The van der Waals surface area contributed by atoms with Crippen molar-refractivity contribution in [2.24, 2.45) is 0 Å². The van der Waals surface area contributed by atoms with Gasteiger partial charge in [0.2, 0.25) is 0 Å². The van der Waals surface area contributed by atoms with Crippen LogP contribution < -0.4 is 15.0 Å². The Balaban J connectivity index is 1.70. The van der Waals surface area contributed by atoms with Crippen molar-refractivity contribution in [1.29, 1.82) is 0 Å². The molecule has 1 aliphatic rings. The first kappa shape index (κ1) is 21.2. The number of ether oxygens (including phenoxy) is 1. The molecule has 0 spiro atoms. The van der Waals surface area contributed by atoms with Crippen molar-refractivity contribution >= 4 is 23.0 Å². The van der Waals surface area contributed by atoms with E-state index in [-0.39, 0.29) is 12.1 Å². The van der Waals surface area contributed by atoms with Gasteiger partial charge in [0.1, 0.15) is 11.8 Å². The SMILES string of the molecule is COc1ccccc1-n1cccc1[C@H]1[C@H](c2ccccn2)NC(=S)N1c1cc(C)cc(C)c1. The molecule has 1 N–H and O–H groups in total. The van der Waals surface area contributed by atoms with E-state index in [9.17, 15) is 0 Å². The van der Waals surface area contributed by atoms with E-state index in [0.29, 0.717) is 5.11 Å². The lowest BCUT2D eigenvalue weighted by molar-refractivity contribution is 0.412. The zero-order chi connectivity index (χ0) is 22.9. The second kappa shape index (κ2) is 8.71. The molecule has 1 fully saturated rings. The fourth-order valence-corrected chi connectivity index (χ4v) is 5.05. The molecule has 0 aliphatic carbocycles. The predicted molar refractivity (Wildman–Crippen MR) is 136 cm³/mol. The van der Waals surface area contributed by atoms with Crippen LogP contribution in [0.4, 0.5) is 5.69 Å². The van der Waals surface area contributed by atoms with Gasteiger partial charge in [-0.25, -0.2) is 0 Å². The van der Waals surface area contributed by atoms with Crippen molar-refractivity contribution in [3.05, 3.63) is 108 Å². The van der Waals surface area contributed by atoms with Gasteiger partial charge >= 0.3 is 0 Å². The predicted octanol–water partition coefficient (Wildman–Crippen LogP) is 5.67. The molecule has 1 saturated heterocycles. The Morgan fingerprint density at radius 3 is 2.42 bits per heavy atom. The second-order valence-electron chi connectivity index (χ2n) is 8.32. The summed E-state index contributed by atoms with van der Waals surface area (Å²) in [6.07, 6.45) is 3.90. The number of methoxy groups -OCH3 is 1. The van der Waals surface area contributed by atoms with Gasteiger partial charge in [-0.1, -0.05) is 24.3 Å². The molecule has 0 radical (unpaired) electrons. The number of thiocarbonyl (C=S) groups is 1. The first-order valence-electron chi connectivity index (χ1n) is 11.0. The molecule has 0 bridgehead atoms. The third-order valence-corrected chi connectivity index (χ3v) is 6.33. The van der Waals surface area contributed by atoms with Crippen molar-refractivity contribution in [1.82, 2.24) is 14.9 Å². The van der Waals surface area contributed by atoms with Crippen LogP contribution in [0.1, 0.15) is 34.6 Å². The Morgan fingerprint density at radius 1 is 0.939 bits per heavy atom. The number of hydrogen-bond donors (Lipinski definition) is 1. The van der Waals surface area contributed by atoms with Crippen LogP contribution in [0.5, 0.6) is 5.75 Å². The number of nitrogens with one attached hydrogen (secondary N) is 1. The highest BCUT2D eigenvalue weighted by atomic mass is 32.1. The maximum atomic E-state index is 5.90. The number of aromatic nitrogens is 2. The fraction of sp³-hybridized carbons (Fsp3) is 0.185. The molecule has 1 aliphatic heterocycles. The summed E-state index contributed by atoms with van der Waals surface area (Å²) in [5.41, 5.74) is 6.51. The first-order chi connectivity index (χ1) is 16.1. The maximum absolute atomic E-state index is 5.90. The van der Waals surface area contributed by atoms with Crippen LogP contribution in [0.2, 0.25) is 0 Å². The summed E-state index contributed by atoms with van der Waals surface area (Å²) in [6.45, 7) is 4.23. The number of rotatable bonds is 5. The summed E-state index contributed by atoms with van der Waals surface area (Å²) in [4.78, 5) is 6.89.